The number of hydrogen-bond acceptors (Lipinski definition) is 1. The largest absolute Gasteiger partial charge is 0.396 e. The first-order valence-corrected chi connectivity index (χ1v) is 5.75. The molecule has 1 saturated carbocycles. The topological polar surface area (TPSA) is 20.2 Å². The van der Waals surface area contributed by atoms with Crippen LogP contribution in [0.4, 0.5) is 0 Å². The minimum absolute atomic E-state index is 0.182. The van der Waals surface area contributed by atoms with Crippen molar-refractivity contribution < 1.29 is 5.11 Å². The van der Waals surface area contributed by atoms with Crippen molar-refractivity contribution in [3.8, 4) is 0 Å². The molecule has 1 heteroatoms. The van der Waals surface area contributed by atoms with Gasteiger partial charge in [-0.1, -0.05) is 38.1 Å². The summed E-state index contributed by atoms with van der Waals surface area (Å²) in [5.41, 5.74) is 3.00. The first-order chi connectivity index (χ1) is 7.08. The molecule has 0 radical (unpaired) electrons. The molecular weight excluding hydrogens is 184 g/mol. The highest BCUT2D eigenvalue weighted by Crippen LogP contribution is 2.58. The molecule has 15 heavy (non-hydrogen) atoms. The molecule has 82 valence electrons. The van der Waals surface area contributed by atoms with Gasteiger partial charge < -0.3 is 5.11 Å². The summed E-state index contributed by atoms with van der Waals surface area (Å²) >= 11 is 0. The summed E-state index contributed by atoms with van der Waals surface area (Å²) < 4.78 is 0. The van der Waals surface area contributed by atoms with Crippen LogP contribution in [0, 0.1) is 18.3 Å². The van der Waals surface area contributed by atoms with Gasteiger partial charge in [-0.3, -0.25) is 0 Å². The zero-order chi connectivity index (χ0) is 11.1. The third kappa shape index (κ3) is 1.81. The fourth-order valence-corrected chi connectivity index (χ4v) is 2.72. The Morgan fingerprint density at radius 2 is 2.13 bits per heavy atom. The van der Waals surface area contributed by atoms with Crippen LogP contribution in [0.3, 0.4) is 0 Å². The number of hydrogen-bond donors (Lipinski definition) is 1. The third-order valence-electron chi connectivity index (χ3n) is 4.07. The van der Waals surface area contributed by atoms with Crippen LogP contribution in [0.25, 0.3) is 0 Å². The summed E-state index contributed by atoms with van der Waals surface area (Å²) in [6, 6.07) is 8.59. The molecule has 1 N–H and O–H groups in total. The van der Waals surface area contributed by atoms with Gasteiger partial charge in [0.05, 0.1) is 0 Å². The van der Waals surface area contributed by atoms with Crippen molar-refractivity contribution in [1.82, 2.24) is 0 Å². The van der Waals surface area contributed by atoms with Crippen LogP contribution >= 0.6 is 0 Å². The highest BCUT2D eigenvalue weighted by atomic mass is 16.3. The van der Waals surface area contributed by atoms with Crippen LogP contribution in [0.1, 0.15) is 37.3 Å². The number of rotatable bonds is 3. The average Bonchev–Trinajstić information content (AvgIpc) is 2.92. The molecule has 0 aromatic heterocycles. The summed E-state index contributed by atoms with van der Waals surface area (Å²) in [5.74, 6) is 1.23. The van der Waals surface area contributed by atoms with Gasteiger partial charge >= 0.3 is 0 Å². The zero-order valence-electron chi connectivity index (χ0n) is 9.83. The van der Waals surface area contributed by atoms with E-state index in [2.05, 4.69) is 45.0 Å². The van der Waals surface area contributed by atoms with Crippen molar-refractivity contribution in [2.24, 2.45) is 11.3 Å². The van der Waals surface area contributed by atoms with E-state index in [4.69, 9.17) is 0 Å². The number of aliphatic hydroxyl groups is 1. The van der Waals surface area contributed by atoms with Gasteiger partial charge in [-0.2, -0.15) is 0 Å². The van der Waals surface area contributed by atoms with Crippen molar-refractivity contribution in [3.63, 3.8) is 0 Å². The second-order valence-electron chi connectivity index (χ2n) is 5.27. The Balaban J connectivity index is 2.17. The molecule has 0 spiro atoms. The van der Waals surface area contributed by atoms with Gasteiger partial charge in [-0.25, -0.2) is 0 Å². The molecule has 1 aliphatic rings. The van der Waals surface area contributed by atoms with E-state index in [-0.39, 0.29) is 5.41 Å². The minimum Gasteiger partial charge on any atom is -0.396 e. The molecule has 1 fully saturated rings. The van der Waals surface area contributed by atoms with E-state index < -0.39 is 0 Å². The first-order valence-electron chi connectivity index (χ1n) is 5.75. The number of aryl methyl sites for hydroxylation is 1. The molecule has 1 nitrogen and oxygen atoms in total. The lowest BCUT2D eigenvalue weighted by Gasteiger charge is -2.17. The molecule has 0 heterocycles. The lowest BCUT2D eigenvalue weighted by molar-refractivity contribution is 0.207. The summed E-state index contributed by atoms with van der Waals surface area (Å²) in [6.07, 6.45) is 1.17. The Bertz CT molecular complexity index is 358. The normalized spacial score (nSPS) is 31.3. The standard InChI is InChI=1S/C14H20O/c1-10-6-4-5-7-12(10)11(2)13-8-14(13,3)9-15/h4-7,11,13,15H,8-9H2,1-3H3/t11?,13-,14-/m0/s1. The Hall–Kier alpha value is -0.820. The highest BCUT2D eigenvalue weighted by molar-refractivity contribution is 5.31. The Labute approximate surface area is 92.1 Å². The molecule has 1 unspecified atom stereocenters. The first kappa shape index (κ1) is 10.7. The van der Waals surface area contributed by atoms with E-state index in [1.54, 1.807) is 0 Å². The Morgan fingerprint density at radius 3 is 2.67 bits per heavy atom. The smallest absolute Gasteiger partial charge is 0.0487 e. The molecule has 1 aromatic carbocycles. The van der Waals surface area contributed by atoms with Crippen LogP contribution in [0.5, 0.6) is 0 Å². The van der Waals surface area contributed by atoms with Crippen molar-refractivity contribution >= 4 is 0 Å². The van der Waals surface area contributed by atoms with E-state index in [9.17, 15) is 5.11 Å². The van der Waals surface area contributed by atoms with E-state index in [1.165, 1.54) is 17.5 Å². The highest BCUT2D eigenvalue weighted by Gasteiger charge is 2.52. The minimum atomic E-state index is 0.182. The predicted octanol–water partition coefficient (Wildman–Crippen LogP) is 3.12. The summed E-state index contributed by atoms with van der Waals surface area (Å²) in [5, 5.41) is 9.30. The van der Waals surface area contributed by atoms with E-state index in [0.29, 0.717) is 18.4 Å². The molecule has 0 bridgehead atoms. The van der Waals surface area contributed by atoms with Gasteiger partial charge in [-0.05, 0) is 41.7 Å². The van der Waals surface area contributed by atoms with Crippen molar-refractivity contribution in [2.45, 2.75) is 33.1 Å². The summed E-state index contributed by atoms with van der Waals surface area (Å²) in [4.78, 5) is 0. The molecule has 0 aliphatic heterocycles. The number of benzene rings is 1. The van der Waals surface area contributed by atoms with Crippen LogP contribution in [-0.4, -0.2) is 11.7 Å². The molecule has 3 atom stereocenters. The lowest BCUT2D eigenvalue weighted by atomic mass is 9.89. The van der Waals surface area contributed by atoms with Gasteiger partial charge in [0.25, 0.3) is 0 Å². The van der Waals surface area contributed by atoms with Crippen LogP contribution in [0.2, 0.25) is 0 Å². The quantitative estimate of drug-likeness (QED) is 0.802. The van der Waals surface area contributed by atoms with E-state index >= 15 is 0 Å². The number of aliphatic hydroxyl groups excluding tert-OH is 1. The zero-order valence-corrected chi connectivity index (χ0v) is 9.83. The maximum atomic E-state index is 9.30. The molecule has 0 saturated heterocycles. The lowest BCUT2D eigenvalue weighted by Crippen LogP contribution is -2.09. The second kappa shape index (κ2) is 3.64. The fraction of sp³-hybridized carbons (Fsp3) is 0.571. The van der Waals surface area contributed by atoms with Gasteiger partial charge in [-0.15, -0.1) is 0 Å². The third-order valence-corrected chi connectivity index (χ3v) is 4.07. The van der Waals surface area contributed by atoms with Crippen LogP contribution < -0.4 is 0 Å². The van der Waals surface area contributed by atoms with E-state index in [1.807, 2.05) is 0 Å². The SMILES string of the molecule is Cc1ccccc1C(C)[C@@H]1C[C@@]1(C)CO. The summed E-state index contributed by atoms with van der Waals surface area (Å²) in [7, 11) is 0. The molecule has 0 amide bonds. The average molecular weight is 204 g/mol. The monoisotopic (exact) mass is 204 g/mol. The Kier molecular flexibility index (Phi) is 2.59. The summed E-state index contributed by atoms with van der Waals surface area (Å²) in [6.45, 7) is 6.97. The molecular formula is C14H20O. The predicted molar refractivity (Wildman–Crippen MR) is 62.9 cm³/mol. The van der Waals surface area contributed by atoms with Gasteiger partial charge in [0, 0.05) is 6.61 Å². The Morgan fingerprint density at radius 1 is 1.47 bits per heavy atom. The molecule has 1 aromatic rings. The van der Waals surface area contributed by atoms with Gasteiger partial charge in [0.1, 0.15) is 0 Å². The maximum Gasteiger partial charge on any atom is 0.0487 e. The van der Waals surface area contributed by atoms with Crippen molar-refractivity contribution in [3.05, 3.63) is 35.4 Å². The molecule has 2 rings (SSSR count). The van der Waals surface area contributed by atoms with Crippen molar-refractivity contribution in [1.29, 1.82) is 0 Å². The van der Waals surface area contributed by atoms with E-state index in [0.717, 1.165) is 0 Å². The van der Waals surface area contributed by atoms with Crippen LogP contribution in [0.15, 0.2) is 24.3 Å². The van der Waals surface area contributed by atoms with Gasteiger partial charge in [0.2, 0.25) is 0 Å². The molecule has 1 aliphatic carbocycles. The van der Waals surface area contributed by atoms with Gasteiger partial charge in [0.15, 0.2) is 0 Å². The second-order valence-corrected chi connectivity index (χ2v) is 5.27. The van der Waals surface area contributed by atoms with Crippen molar-refractivity contribution in [2.75, 3.05) is 6.61 Å². The fourth-order valence-electron chi connectivity index (χ4n) is 2.72. The van der Waals surface area contributed by atoms with Crippen LogP contribution in [-0.2, 0) is 0 Å². The maximum absolute atomic E-state index is 9.30.